The summed E-state index contributed by atoms with van der Waals surface area (Å²) in [6, 6.07) is 0. The normalized spacial score (nSPS) is 10.8. The maximum Gasteiger partial charge on any atom is 0.349 e. The van der Waals surface area contributed by atoms with Crippen LogP contribution in [-0.4, -0.2) is 26.2 Å². The minimum atomic E-state index is -0.666. The van der Waals surface area contributed by atoms with E-state index in [0.29, 0.717) is 0 Å². The van der Waals surface area contributed by atoms with Crippen LogP contribution >= 0.6 is 11.6 Å². The Kier molecular flexibility index (Phi) is 5.12. The van der Waals surface area contributed by atoms with E-state index in [-0.39, 0.29) is 11.5 Å². The summed E-state index contributed by atoms with van der Waals surface area (Å²) in [5.74, 6) is -1.13. The largest absolute Gasteiger partial charge is 0.469 e. The molecule has 0 saturated heterocycles. The van der Waals surface area contributed by atoms with Gasteiger partial charge in [0.1, 0.15) is 5.03 Å². The molecule has 0 aliphatic rings. The second kappa shape index (κ2) is 5.60. The Bertz CT molecular complexity index is 209. The predicted molar refractivity (Wildman–Crippen MR) is 42.6 cm³/mol. The summed E-state index contributed by atoms with van der Waals surface area (Å²) in [6.07, 6.45) is 1.20. The molecule has 0 aromatic carbocycles. The predicted octanol–water partition coefficient (Wildman–Crippen LogP) is 0.845. The van der Waals surface area contributed by atoms with Crippen LogP contribution in [0.5, 0.6) is 0 Å². The summed E-state index contributed by atoms with van der Waals surface area (Å²) in [5, 5.41) is -0.122. The molecule has 0 unspecified atom stereocenters. The third kappa shape index (κ3) is 3.98. The molecule has 0 amide bonds. The first-order valence-corrected chi connectivity index (χ1v) is 3.50. The van der Waals surface area contributed by atoms with Gasteiger partial charge in [-0.15, -0.1) is 0 Å². The molecule has 4 nitrogen and oxygen atoms in total. The fourth-order valence-electron chi connectivity index (χ4n) is 0.437. The van der Waals surface area contributed by atoms with Gasteiger partial charge in [0.25, 0.3) is 0 Å². The van der Waals surface area contributed by atoms with E-state index in [1.54, 1.807) is 0 Å². The van der Waals surface area contributed by atoms with Gasteiger partial charge in [-0.25, -0.2) is 4.79 Å². The minimum absolute atomic E-state index is 0.0373. The molecule has 0 aliphatic carbocycles. The van der Waals surface area contributed by atoms with E-state index < -0.39 is 11.9 Å². The molecule has 0 fully saturated rings. The van der Waals surface area contributed by atoms with Crippen LogP contribution in [-0.2, 0) is 19.1 Å². The van der Waals surface area contributed by atoms with Gasteiger partial charge >= 0.3 is 11.9 Å². The van der Waals surface area contributed by atoms with Crippen LogP contribution in [0.1, 0.15) is 6.42 Å². The highest BCUT2D eigenvalue weighted by molar-refractivity contribution is 6.41. The molecule has 0 atom stereocenters. The van der Waals surface area contributed by atoms with Gasteiger partial charge in [0.05, 0.1) is 20.6 Å². The smallest absolute Gasteiger partial charge is 0.349 e. The first-order valence-electron chi connectivity index (χ1n) is 3.12. The molecule has 0 radical (unpaired) electrons. The number of halogens is 1. The van der Waals surface area contributed by atoms with E-state index in [4.69, 9.17) is 11.6 Å². The lowest BCUT2D eigenvalue weighted by Gasteiger charge is -1.95. The molecule has 12 heavy (non-hydrogen) atoms. The van der Waals surface area contributed by atoms with Crippen molar-refractivity contribution < 1.29 is 19.1 Å². The van der Waals surface area contributed by atoms with E-state index in [1.807, 2.05) is 0 Å². The van der Waals surface area contributed by atoms with Gasteiger partial charge in [-0.2, -0.15) is 0 Å². The average molecular weight is 193 g/mol. The van der Waals surface area contributed by atoms with Crippen LogP contribution < -0.4 is 0 Å². The standard InChI is InChI=1S/C7H9ClO4/c1-11-6(9)4-3-5(8)7(10)12-2/h3H,4H2,1-2H3/b5-3-. The SMILES string of the molecule is COC(=O)C/C=C(\Cl)C(=O)OC. The van der Waals surface area contributed by atoms with E-state index in [2.05, 4.69) is 9.47 Å². The second-order valence-corrected chi connectivity index (χ2v) is 2.23. The van der Waals surface area contributed by atoms with E-state index in [9.17, 15) is 9.59 Å². The van der Waals surface area contributed by atoms with E-state index in [1.165, 1.54) is 20.3 Å². The molecule has 0 saturated carbocycles. The van der Waals surface area contributed by atoms with Gasteiger partial charge < -0.3 is 9.47 Å². The Morgan fingerprint density at radius 2 is 1.92 bits per heavy atom. The van der Waals surface area contributed by atoms with Crippen LogP contribution in [0.15, 0.2) is 11.1 Å². The molecule has 0 aromatic rings. The Labute approximate surface area is 75.1 Å². The highest BCUT2D eigenvalue weighted by Crippen LogP contribution is 2.04. The summed E-state index contributed by atoms with van der Waals surface area (Å²) in [6.45, 7) is 0. The summed E-state index contributed by atoms with van der Waals surface area (Å²) in [7, 11) is 2.46. The number of hydrogen-bond donors (Lipinski definition) is 0. The highest BCUT2D eigenvalue weighted by Gasteiger charge is 2.06. The molecular formula is C7H9ClO4. The van der Waals surface area contributed by atoms with Crippen LogP contribution in [0.2, 0.25) is 0 Å². The van der Waals surface area contributed by atoms with Crippen molar-refractivity contribution in [2.45, 2.75) is 6.42 Å². The van der Waals surface area contributed by atoms with Crippen molar-refractivity contribution in [3.63, 3.8) is 0 Å². The summed E-state index contributed by atoms with van der Waals surface area (Å²) in [5.41, 5.74) is 0. The van der Waals surface area contributed by atoms with Crippen LogP contribution in [0.3, 0.4) is 0 Å². The van der Waals surface area contributed by atoms with Crippen molar-refractivity contribution in [1.29, 1.82) is 0 Å². The Morgan fingerprint density at radius 3 is 2.33 bits per heavy atom. The zero-order valence-electron chi connectivity index (χ0n) is 6.80. The molecule has 0 N–H and O–H groups in total. The van der Waals surface area contributed by atoms with E-state index in [0.717, 1.165) is 0 Å². The zero-order chi connectivity index (χ0) is 9.56. The topological polar surface area (TPSA) is 52.6 Å². The molecule has 0 rings (SSSR count). The second-order valence-electron chi connectivity index (χ2n) is 1.82. The summed E-state index contributed by atoms with van der Waals surface area (Å²) in [4.78, 5) is 21.2. The van der Waals surface area contributed by atoms with Crippen molar-refractivity contribution in [3.05, 3.63) is 11.1 Å². The molecule has 0 heterocycles. The maximum atomic E-state index is 10.6. The quantitative estimate of drug-likeness (QED) is 0.491. The Morgan fingerprint density at radius 1 is 1.33 bits per heavy atom. The Balaban J connectivity index is 4.00. The average Bonchev–Trinajstić information content (AvgIpc) is 2.11. The molecule has 0 aliphatic heterocycles. The van der Waals surface area contributed by atoms with Crippen molar-refractivity contribution in [2.24, 2.45) is 0 Å². The molecular weight excluding hydrogens is 184 g/mol. The monoisotopic (exact) mass is 192 g/mol. The van der Waals surface area contributed by atoms with Crippen molar-refractivity contribution in [3.8, 4) is 0 Å². The third-order valence-corrected chi connectivity index (χ3v) is 1.36. The fourth-order valence-corrected chi connectivity index (χ4v) is 0.591. The summed E-state index contributed by atoms with van der Waals surface area (Å²) < 4.78 is 8.61. The number of esters is 2. The lowest BCUT2D eigenvalue weighted by molar-refractivity contribution is -0.139. The fraction of sp³-hybridized carbons (Fsp3) is 0.429. The highest BCUT2D eigenvalue weighted by atomic mass is 35.5. The molecule has 5 heteroatoms. The summed E-state index contributed by atoms with van der Waals surface area (Å²) >= 11 is 5.41. The third-order valence-electron chi connectivity index (χ3n) is 1.06. The lowest BCUT2D eigenvalue weighted by atomic mass is 10.4. The first kappa shape index (κ1) is 11.0. The van der Waals surface area contributed by atoms with Crippen molar-refractivity contribution in [2.75, 3.05) is 14.2 Å². The van der Waals surface area contributed by atoms with Gasteiger partial charge in [0.2, 0.25) is 0 Å². The molecule has 0 bridgehead atoms. The number of rotatable bonds is 3. The number of hydrogen-bond acceptors (Lipinski definition) is 4. The van der Waals surface area contributed by atoms with Gasteiger partial charge in [0, 0.05) is 0 Å². The van der Waals surface area contributed by atoms with Crippen molar-refractivity contribution in [1.82, 2.24) is 0 Å². The maximum absolute atomic E-state index is 10.6. The lowest BCUT2D eigenvalue weighted by Crippen LogP contribution is -2.02. The van der Waals surface area contributed by atoms with Crippen LogP contribution in [0.4, 0.5) is 0 Å². The number of carbonyl (C=O) groups excluding carboxylic acids is 2. The van der Waals surface area contributed by atoms with Crippen molar-refractivity contribution >= 4 is 23.5 Å². The molecule has 0 spiro atoms. The van der Waals surface area contributed by atoms with Gasteiger partial charge in [-0.3, -0.25) is 4.79 Å². The number of methoxy groups -OCH3 is 2. The van der Waals surface area contributed by atoms with Gasteiger partial charge in [0.15, 0.2) is 0 Å². The number of carbonyl (C=O) groups is 2. The zero-order valence-corrected chi connectivity index (χ0v) is 7.55. The van der Waals surface area contributed by atoms with Crippen LogP contribution in [0.25, 0.3) is 0 Å². The van der Waals surface area contributed by atoms with Gasteiger partial charge in [-0.05, 0) is 6.08 Å². The van der Waals surface area contributed by atoms with E-state index >= 15 is 0 Å². The molecule has 0 aromatic heterocycles. The van der Waals surface area contributed by atoms with Gasteiger partial charge in [-0.1, -0.05) is 11.6 Å². The number of ether oxygens (including phenoxy) is 2. The Hall–Kier alpha value is -1.03. The molecule has 68 valence electrons. The first-order chi connectivity index (χ1) is 5.61. The van der Waals surface area contributed by atoms with Crippen LogP contribution in [0, 0.1) is 0 Å². The minimum Gasteiger partial charge on any atom is -0.469 e.